The van der Waals surface area contributed by atoms with Crippen LogP contribution in [-0.2, 0) is 11.8 Å². The average molecular weight is 375 g/mol. The molecule has 2 fully saturated rings. The first-order valence-corrected chi connectivity index (χ1v) is 9.41. The predicted molar refractivity (Wildman–Crippen MR) is 101 cm³/mol. The lowest BCUT2D eigenvalue weighted by Gasteiger charge is -2.33. The summed E-state index contributed by atoms with van der Waals surface area (Å²) in [6.07, 6.45) is 2.20. The van der Waals surface area contributed by atoms with Gasteiger partial charge in [0.15, 0.2) is 0 Å². The van der Waals surface area contributed by atoms with Crippen LogP contribution in [0.1, 0.15) is 30.8 Å². The summed E-state index contributed by atoms with van der Waals surface area (Å²) in [5.41, 5.74) is 0.181. The number of likely N-dealkylation sites (tertiary alicyclic amines) is 1. The number of carbonyl (C=O) groups excluding carboxylic acids is 3. The normalized spacial score (nSPS) is 23.3. The Hall–Kier alpha value is -2.51. The molecule has 2 saturated heterocycles. The third-order valence-corrected chi connectivity index (χ3v) is 5.37. The van der Waals surface area contributed by atoms with Gasteiger partial charge in [-0.2, -0.15) is 0 Å². The molecule has 8 nitrogen and oxygen atoms in total. The fraction of sp³-hybridized carbons (Fsp3) is 0.632. The minimum atomic E-state index is -0.433. The molecule has 27 heavy (non-hydrogen) atoms. The van der Waals surface area contributed by atoms with Gasteiger partial charge in [-0.1, -0.05) is 0 Å². The summed E-state index contributed by atoms with van der Waals surface area (Å²) in [6, 6.07) is 3.54. The van der Waals surface area contributed by atoms with Gasteiger partial charge in [0.1, 0.15) is 5.69 Å². The molecular weight excluding hydrogens is 346 g/mol. The zero-order chi connectivity index (χ0) is 19.8. The maximum Gasteiger partial charge on any atom is 0.317 e. The number of urea groups is 1. The van der Waals surface area contributed by atoms with Gasteiger partial charge in [0.05, 0.1) is 0 Å². The van der Waals surface area contributed by atoms with Gasteiger partial charge < -0.3 is 24.6 Å². The van der Waals surface area contributed by atoms with E-state index in [-0.39, 0.29) is 23.9 Å². The van der Waals surface area contributed by atoms with Crippen molar-refractivity contribution in [3.05, 3.63) is 24.0 Å². The highest BCUT2D eigenvalue weighted by molar-refractivity contribution is 5.93. The van der Waals surface area contributed by atoms with Gasteiger partial charge in [0, 0.05) is 70.9 Å². The number of carbonyl (C=O) groups is 3. The summed E-state index contributed by atoms with van der Waals surface area (Å²) in [7, 11) is 3.62. The highest BCUT2D eigenvalue weighted by Gasteiger charge is 2.47. The van der Waals surface area contributed by atoms with Crippen molar-refractivity contribution >= 4 is 17.8 Å². The van der Waals surface area contributed by atoms with Crippen LogP contribution < -0.4 is 5.32 Å². The zero-order valence-corrected chi connectivity index (χ0v) is 16.6. The van der Waals surface area contributed by atoms with E-state index in [1.54, 1.807) is 32.4 Å². The van der Waals surface area contributed by atoms with Crippen LogP contribution in [0.3, 0.4) is 0 Å². The monoisotopic (exact) mass is 375 g/mol. The third kappa shape index (κ3) is 3.94. The molecule has 3 rings (SSSR count). The Kier molecular flexibility index (Phi) is 5.17. The minimum absolute atomic E-state index is 0.0330. The molecule has 0 aliphatic carbocycles. The highest BCUT2D eigenvalue weighted by atomic mass is 16.2. The van der Waals surface area contributed by atoms with Crippen molar-refractivity contribution in [3.63, 3.8) is 0 Å². The quantitative estimate of drug-likeness (QED) is 0.829. The highest BCUT2D eigenvalue weighted by Crippen LogP contribution is 2.34. The van der Waals surface area contributed by atoms with E-state index in [1.807, 2.05) is 33.2 Å². The second kappa shape index (κ2) is 7.25. The zero-order valence-electron chi connectivity index (χ0n) is 16.6. The molecule has 0 aromatic carbocycles. The Bertz CT molecular complexity index is 743. The Morgan fingerprint density at radius 2 is 1.78 bits per heavy atom. The fourth-order valence-electron chi connectivity index (χ4n) is 4.10. The van der Waals surface area contributed by atoms with E-state index in [1.165, 1.54) is 0 Å². The van der Waals surface area contributed by atoms with Crippen molar-refractivity contribution in [3.8, 4) is 0 Å². The van der Waals surface area contributed by atoms with E-state index in [2.05, 4.69) is 5.32 Å². The number of hydrogen-bond donors (Lipinski definition) is 1. The third-order valence-electron chi connectivity index (χ3n) is 5.37. The average Bonchev–Trinajstić information content (AvgIpc) is 3.05. The largest absolute Gasteiger partial charge is 0.347 e. The molecule has 0 radical (unpaired) electrons. The van der Waals surface area contributed by atoms with Crippen LogP contribution in [-0.4, -0.2) is 82.9 Å². The molecule has 2 aliphatic rings. The van der Waals surface area contributed by atoms with Crippen molar-refractivity contribution in [2.75, 3.05) is 39.8 Å². The fourth-order valence-corrected chi connectivity index (χ4v) is 4.10. The van der Waals surface area contributed by atoms with Crippen LogP contribution in [0.4, 0.5) is 4.79 Å². The smallest absolute Gasteiger partial charge is 0.317 e. The predicted octanol–water partition coefficient (Wildman–Crippen LogP) is 0.749. The Labute approximate surface area is 160 Å². The summed E-state index contributed by atoms with van der Waals surface area (Å²) >= 11 is 0. The molecule has 3 heterocycles. The second-order valence-corrected chi connectivity index (χ2v) is 8.18. The summed E-state index contributed by atoms with van der Waals surface area (Å²) in [4.78, 5) is 43.2. The van der Waals surface area contributed by atoms with E-state index >= 15 is 0 Å². The summed E-state index contributed by atoms with van der Waals surface area (Å²) < 4.78 is 1.80. The molecule has 1 aromatic heterocycles. The van der Waals surface area contributed by atoms with Crippen LogP contribution in [0.15, 0.2) is 18.3 Å². The molecule has 2 aliphatic heterocycles. The van der Waals surface area contributed by atoms with Gasteiger partial charge >= 0.3 is 6.03 Å². The van der Waals surface area contributed by atoms with Crippen molar-refractivity contribution in [1.82, 2.24) is 24.6 Å². The lowest BCUT2D eigenvalue weighted by Crippen LogP contribution is -2.49. The molecule has 0 unspecified atom stereocenters. The number of amides is 4. The summed E-state index contributed by atoms with van der Waals surface area (Å²) in [5.74, 6) is 0.00220. The number of nitrogens with one attached hydrogen (secondary N) is 1. The van der Waals surface area contributed by atoms with Gasteiger partial charge in [-0.25, -0.2) is 4.79 Å². The number of nitrogens with zero attached hydrogens (tertiary/aromatic N) is 4. The Balaban J connectivity index is 1.86. The lowest BCUT2D eigenvalue weighted by atomic mass is 9.86. The first-order chi connectivity index (χ1) is 12.7. The van der Waals surface area contributed by atoms with Crippen LogP contribution in [0.5, 0.6) is 0 Å². The maximum absolute atomic E-state index is 13.1. The molecular formula is C19H29N5O3. The van der Waals surface area contributed by atoms with Crippen molar-refractivity contribution in [2.24, 2.45) is 12.5 Å². The van der Waals surface area contributed by atoms with Crippen molar-refractivity contribution in [2.45, 2.75) is 26.3 Å². The Morgan fingerprint density at radius 3 is 2.33 bits per heavy atom. The Morgan fingerprint density at radius 1 is 1.11 bits per heavy atom. The standard InChI is InChI=1S/C19H29N5O3/c1-14(2)20-18(27)24-9-8-23(17(26)15-6-5-7-21(15)3)12-19(13-24)10-16(25)22(4)11-19/h5-7,14H,8-13H2,1-4H3,(H,20,27)/t19-/m1/s1. The molecule has 4 amide bonds. The second-order valence-electron chi connectivity index (χ2n) is 8.18. The molecule has 1 spiro atoms. The molecule has 0 bridgehead atoms. The molecule has 148 valence electrons. The van der Waals surface area contributed by atoms with E-state index in [9.17, 15) is 14.4 Å². The number of aromatic nitrogens is 1. The molecule has 1 aromatic rings. The van der Waals surface area contributed by atoms with Crippen molar-refractivity contribution in [1.29, 1.82) is 0 Å². The summed E-state index contributed by atoms with van der Waals surface area (Å²) in [5, 5.41) is 2.93. The molecule has 1 atom stereocenters. The van der Waals surface area contributed by atoms with Gasteiger partial charge in [-0.3, -0.25) is 9.59 Å². The first kappa shape index (κ1) is 19.3. The van der Waals surface area contributed by atoms with E-state index in [0.29, 0.717) is 44.8 Å². The van der Waals surface area contributed by atoms with Crippen molar-refractivity contribution < 1.29 is 14.4 Å². The number of hydrogen-bond acceptors (Lipinski definition) is 3. The number of aryl methyl sites for hydroxylation is 1. The van der Waals surface area contributed by atoms with Crippen LogP contribution in [0.25, 0.3) is 0 Å². The van der Waals surface area contributed by atoms with Gasteiger partial charge in [0.2, 0.25) is 5.91 Å². The van der Waals surface area contributed by atoms with E-state index in [0.717, 1.165) is 0 Å². The topological polar surface area (TPSA) is 77.9 Å². The minimum Gasteiger partial charge on any atom is -0.347 e. The molecule has 1 N–H and O–H groups in total. The van der Waals surface area contributed by atoms with Gasteiger partial charge in [-0.15, -0.1) is 0 Å². The first-order valence-electron chi connectivity index (χ1n) is 9.41. The SMILES string of the molecule is CC(C)NC(=O)N1CCN(C(=O)c2cccn2C)C[C@]2(CC(=O)N(C)C2)C1. The molecule has 0 saturated carbocycles. The van der Waals surface area contributed by atoms with Crippen LogP contribution in [0.2, 0.25) is 0 Å². The van der Waals surface area contributed by atoms with Gasteiger partial charge in [0.25, 0.3) is 5.91 Å². The van der Waals surface area contributed by atoms with E-state index in [4.69, 9.17) is 0 Å². The summed E-state index contributed by atoms with van der Waals surface area (Å²) in [6.45, 7) is 6.24. The number of rotatable bonds is 2. The lowest BCUT2D eigenvalue weighted by molar-refractivity contribution is -0.126. The van der Waals surface area contributed by atoms with E-state index < -0.39 is 5.41 Å². The van der Waals surface area contributed by atoms with Gasteiger partial charge in [-0.05, 0) is 26.0 Å². The molecule has 8 heteroatoms. The van der Waals surface area contributed by atoms with Crippen LogP contribution in [0, 0.1) is 5.41 Å². The van der Waals surface area contributed by atoms with Crippen LogP contribution >= 0.6 is 0 Å². The maximum atomic E-state index is 13.1.